The molecule has 0 radical (unpaired) electrons. The molecule has 0 bridgehead atoms. The van der Waals surface area contributed by atoms with Crippen LogP contribution < -0.4 is 10.6 Å². The molecule has 1 unspecified atom stereocenters. The summed E-state index contributed by atoms with van der Waals surface area (Å²) in [4.78, 5) is 7.56. The molecule has 1 atom stereocenters. The topological polar surface area (TPSA) is 70.4 Å². The minimum atomic E-state index is 0. The monoisotopic (exact) mass is 539 g/mol. The number of hydrogen-bond donors (Lipinski definition) is 2. The van der Waals surface area contributed by atoms with E-state index in [1.165, 1.54) is 18.4 Å². The quantitative estimate of drug-likeness (QED) is 0.290. The molecular weight excluding hydrogens is 501 g/mol. The number of nitrogens with zero attached hydrogens (tertiary/aromatic N) is 5. The van der Waals surface area contributed by atoms with Gasteiger partial charge < -0.3 is 15.2 Å². The van der Waals surface area contributed by atoms with E-state index in [-0.39, 0.29) is 24.0 Å². The van der Waals surface area contributed by atoms with Crippen LogP contribution in [0.15, 0.2) is 41.7 Å². The van der Waals surface area contributed by atoms with E-state index in [2.05, 4.69) is 81.4 Å². The Morgan fingerprint density at radius 3 is 2.58 bits per heavy atom. The van der Waals surface area contributed by atoms with Gasteiger partial charge in [-0.1, -0.05) is 44.2 Å². The van der Waals surface area contributed by atoms with Crippen LogP contribution in [0, 0.1) is 5.92 Å². The van der Waals surface area contributed by atoms with Crippen LogP contribution in [-0.4, -0.2) is 58.3 Å². The molecule has 31 heavy (non-hydrogen) atoms. The summed E-state index contributed by atoms with van der Waals surface area (Å²) in [6, 6.07) is 11.1. The summed E-state index contributed by atoms with van der Waals surface area (Å²) in [5.74, 6) is 2.71. The Labute approximate surface area is 204 Å². The average molecular weight is 540 g/mol. The van der Waals surface area contributed by atoms with Gasteiger partial charge >= 0.3 is 0 Å². The second-order valence-corrected chi connectivity index (χ2v) is 8.09. The van der Waals surface area contributed by atoms with E-state index in [0.717, 1.165) is 63.4 Å². The molecule has 8 heteroatoms. The van der Waals surface area contributed by atoms with E-state index in [1.54, 1.807) is 6.33 Å². The Bertz CT molecular complexity index is 769. The Morgan fingerprint density at radius 1 is 1.16 bits per heavy atom. The standard InChI is InChI=1S/C23H37N7.HI/c1-4-22-28-27-18-30(22)16-13-25-23(24-5-2)26-17-21(20-9-7-6-8-10-20)29-14-11-19(3)12-15-29;/h6-10,18-19,21H,4-5,11-17H2,1-3H3,(H2,24,25,26);1H. The first-order chi connectivity index (χ1) is 14.7. The maximum Gasteiger partial charge on any atom is 0.191 e. The Hall–Kier alpha value is -1.68. The van der Waals surface area contributed by atoms with Crippen molar-refractivity contribution in [3.8, 4) is 0 Å². The maximum atomic E-state index is 4.96. The number of aromatic nitrogens is 3. The highest BCUT2D eigenvalue weighted by Gasteiger charge is 2.24. The number of guanidine groups is 1. The van der Waals surface area contributed by atoms with Crippen molar-refractivity contribution in [1.29, 1.82) is 0 Å². The van der Waals surface area contributed by atoms with Crippen molar-refractivity contribution in [3.63, 3.8) is 0 Å². The van der Waals surface area contributed by atoms with Crippen molar-refractivity contribution in [1.82, 2.24) is 30.3 Å². The first kappa shape index (κ1) is 25.6. The number of hydrogen-bond acceptors (Lipinski definition) is 4. The number of benzene rings is 1. The number of likely N-dealkylation sites (tertiary alicyclic amines) is 1. The molecule has 1 aromatic carbocycles. The third-order valence-corrected chi connectivity index (χ3v) is 5.87. The van der Waals surface area contributed by atoms with Gasteiger partial charge in [0.15, 0.2) is 5.96 Å². The molecule has 1 aliphatic rings. The third kappa shape index (κ3) is 7.75. The van der Waals surface area contributed by atoms with Crippen molar-refractivity contribution < 1.29 is 0 Å². The summed E-state index contributed by atoms with van der Waals surface area (Å²) < 4.78 is 2.10. The highest BCUT2D eigenvalue weighted by Crippen LogP contribution is 2.27. The molecule has 0 amide bonds. The smallest absolute Gasteiger partial charge is 0.191 e. The fraction of sp³-hybridized carbons (Fsp3) is 0.609. The predicted octanol–water partition coefficient (Wildman–Crippen LogP) is 3.49. The molecule has 0 spiro atoms. The largest absolute Gasteiger partial charge is 0.357 e. The number of halogens is 1. The molecule has 1 aromatic heterocycles. The molecular formula is C23H38IN7. The fourth-order valence-corrected chi connectivity index (χ4v) is 4.00. The second-order valence-electron chi connectivity index (χ2n) is 8.09. The highest BCUT2D eigenvalue weighted by molar-refractivity contribution is 14.0. The number of rotatable bonds is 9. The van der Waals surface area contributed by atoms with Crippen molar-refractivity contribution in [2.45, 2.75) is 52.6 Å². The Morgan fingerprint density at radius 2 is 1.90 bits per heavy atom. The van der Waals surface area contributed by atoms with E-state index >= 15 is 0 Å². The van der Waals surface area contributed by atoms with Gasteiger partial charge in [0.25, 0.3) is 0 Å². The van der Waals surface area contributed by atoms with Crippen LogP contribution in [0.3, 0.4) is 0 Å². The van der Waals surface area contributed by atoms with Crippen LogP contribution in [0.25, 0.3) is 0 Å². The molecule has 2 heterocycles. The summed E-state index contributed by atoms with van der Waals surface area (Å²) in [5.41, 5.74) is 1.35. The summed E-state index contributed by atoms with van der Waals surface area (Å²) in [7, 11) is 0. The Balaban J connectivity index is 0.00000341. The first-order valence-electron chi connectivity index (χ1n) is 11.4. The van der Waals surface area contributed by atoms with Crippen molar-refractivity contribution >= 4 is 29.9 Å². The molecule has 0 aliphatic carbocycles. The van der Waals surface area contributed by atoms with E-state index in [1.807, 2.05) is 0 Å². The van der Waals surface area contributed by atoms with Crippen molar-refractivity contribution in [3.05, 3.63) is 48.0 Å². The molecule has 0 saturated carbocycles. The van der Waals surface area contributed by atoms with Crippen LogP contribution in [0.4, 0.5) is 0 Å². The molecule has 1 aliphatic heterocycles. The zero-order valence-corrected chi connectivity index (χ0v) is 21.5. The SMILES string of the molecule is CCNC(=NCC(c1ccccc1)N1CCC(C)CC1)NCCn1cnnc1CC.I. The number of aliphatic imine (C=N–C) groups is 1. The van der Waals surface area contributed by atoms with Crippen LogP contribution in [0.1, 0.15) is 51.0 Å². The maximum absolute atomic E-state index is 4.96. The summed E-state index contributed by atoms with van der Waals surface area (Å²) in [6.45, 7) is 12.1. The van der Waals surface area contributed by atoms with Gasteiger partial charge in [-0.3, -0.25) is 9.89 Å². The minimum absolute atomic E-state index is 0. The third-order valence-electron chi connectivity index (χ3n) is 5.87. The lowest BCUT2D eigenvalue weighted by atomic mass is 9.96. The van der Waals surface area contributed by atoms with Gasteiger partial charge in [0.1, 0.15) is 12.2 Å². The Kier molecular flexibility index (Phi) is 11.3. The second kappa shape index (κ2) is 13.7. The van der Waals surface area contributed by atoms with Gasteiger partial charge in [-0.05, 0) is 44.3 Å². The minimum Gasteiger partial charge on any atom is -0.357 e. The zero-order valence-electron chi connectivity index (χ0n) is 19.1. The number of aryl methyl sites for hydroxylation is 1. The van der Waals surface area contributed by atoms with Crippen LogP contribution in [0.5, 0.6) is 0 Å². The molecule has 3 rings (SSSR count). The highest BCUT2D eigenvalue weighted by atomic mass is 127. The van der Waals surface area contributed by atoms with Gasteiger partial charge in [-0.15, -0.1) is 34.2 Å². The zero-order chi connectivity index (χ0) is 21.2. The summed E-state index contributed by atoms with van der Waals surface area (Å²) in [5, 5.41) is 15.0. The molecule has 1 fully saturated rings. The van der Waals surface area contributed by atoms with E-state index in [9.17, 15) is 0 Å². The number of nitrogens with one attached hydrogen (secondary N) is 2. The predicted molar refractivity (Wildman–Crippen MR) is 138 cm³/mol. The summed E-state index contributed by atoms with van der Waals surface area (Å²) in [6.07, 6.45) is 5.23. The van der Waals surface area contributed by atoms with E-state index in [4.69, 9.17) is 4.99 Å². The molecule has 172 valence electrons. The molecule has 1 saturated heterocycles. The van der Waals surface area contributed by atoms with Gasteiger partial charge in [0.2, 0.25) is 0 Å². The molecule has 7 nitrogen and oxygen atoms in total. The lowest BCUT2D eigenvalue weighted by Gasteiger charge is -2.36. The van der Waals surface area contributed by atoms with Crippen LogP contribution in [-0.2, 0) is 13.0 Å². The van der Waals surface area contributed by atoms with Gasteiger partial charge in [-0.25, -0.2) is 0 Å². The van der Waals surface area contributed by atoms with Gasteiger partial charge in [-0.2, -0.15) is 0 Å². The van der Waals surface area contributed by atoms with Crippen LogP contribution in [0.2, 0.25) is 0 Å². The normalized spacial score (nSPS) is 16.5. The lowest BCUT2D eigenvalue weighted by molar-refractivity contribution is 0.141. The molecule has 2 N–H and O–H groups in total. The van der Waals surface area contributed by atoms with E-state index in [0.29, 0.717) is 6.04 Å². The van der Waals surface area contributed by atoms with Crippen LogP contribution >= 0.6 is 24.0 Å². The summed E-state index contributed by atoms with van der Waals surface area (Å²) >= 11 is 0. The molecule has 2 aromatic rings. The average Bonchev–Trinajstić information content (AvgIpc) is 3.23. The van der Waals surface area contributed by atoms with E-state index < -0.39 is 0 Å². The number of piperidine rings is 1. The lowest BCUT2D eigenvalue weighted by Crippen LogP contribution is -2.41. The van der Waals surface area contributed by atoms with Crippen molar-refractivity contribution in [2.24, 2.45) is 10.9 Å². The van der Waals surface area contributed by atoms with Gasteiger partial charge in [0.05, 0.1) is 12.6 Å². The van der Waals surface area contributed by atoms with Crippen molar-refractivity contribution in [2.75, 3.05) is 32.7 Å². The first-order valence-corrected chi connectivity index (χ1v) is 11.4. The fourth-order valence-electron chi connectivity index (χ4n) is 4.00. The van der Waals surface area contributed by atoms with Gasteiger partial charge in [0, 0.05) is 26.1 Å².